The Labute approximate surface area is 174 Å². The number of phenolic OH excluding ortho intramolecular Hbond substituents is 1. The number of hydrogen-bond acceptors (Lipinski definition) is 7. The molecule has 2 rings (SSSR count). The van der Waals surface area contributed by atoms with Crippen molar-refractivity contribution < 1.29 is 33.6 Å². The fraction of sp³-hybridized carbons (Fsp3) is 0.333. The molecule has 2 amide bonds. The quantitative estimate of drug-likeness (QED) is 0.536. The summed E-state index contributed by atoms with van der Waals surface area (Å²) >= 11 is 0. The molecule has 2 aromatic rings. The Balaban J connectivity index is 2.20. The van der Waals surface area contributed by atoms with Gasteiger partial charge in [-0.05, 0) is 45.0 Å². The van der Waals surface area contributed by atoms with Gasteiger partial charge < -0.3 is 24.1 Å². The van der Waals surface area contributed by atoms with Gasteiger partial charge in [-0.25, -0.2) is 0 Å². The zero-order chi connectivity index (χ0) is 22.1. The van der Waals surface area contributed by atoms with Crippen molar-refractivity contribution in [2.75, 3.05) is 26.9 Å². The van der Waals surface area contributed by atoms with Crippen LogP contribution < -0.4 is 29.8 Å². The van der Waals surface area contributed by atoms with E-state index in [0.29, 0.717) is 42.8 Å². The molecule has 9 heteroatoms. The number of benzene rings is 2. The monoisotopic (exact) mass is 418 g/mol. The minimum absolute atomic E-state index is 0.0206. The van der Waals surface area contributed by atoms with Crippen molar-refractivity contribution in [3.05, 3.63) is 41.5 Å². The Hall–Kier alpha value is -3.62. The van der Waals surface area contributed by atoms with Gasteiger partial charge in [0.05, 0.1) is 32.5 Å². The molecule has 0 aliphatic carbocycles. The summed E-state index contributed by atoms with van der Waals surface area (Å²) in [5.41, 5.74) is 4.75. The van der Waals surface area contributed by atoms with Gasteiger partial charge in [0.2, 0.25) is 5.75 Å². The first-order valence-electron chi connectivity index (χ1n) is 9.49. The van der Waals surface area contributed by atoms with Crippen LogP contribution in [0.25, 0.3) is 0 Å². The summed E-state index contributed by atoms with van der Waals surface area (Å²) in [5, 5.41) is 9.95. The van der Waals surface area contributed by atoms with Crippen molar-refractivity contribution in [3.8, 4) is 28.7 Å². The highest BCUT2D eigenvalue weighted by atomic mass is 16.5. The summed E-state index contributed by atoms with van der Waals surface area (Å²) in [6.07, 6.45) is 0. The Bertz CT molecular complexity index is 872. The van der Waals surface area contributed by atoms with E-state index in [4.69, 9.17) is 18.9 Å². The molecule has 0 saturated carbocycles. The smallest absolute Gasteiger partial charge is 0.273 e. The standard InChI is InChI=1S/C21H26N2O7/c1-5-28-17-10-13(11-18(29-6-2)19(17)30-7-3)20(25)22-23-21(26)15-9-8-14(27-4)12-16(15)24/h8-12,24H,5-7H2,1-4H3,(H,22,25)(H,23,26). The van der Waals surface area contributed by atoms with E-state index in [1.807, 2.05) is 20.8 Å². The van der Waals surface area contributed by atoms with E-state index >= 15 is 0 Å². The van der Waals surface area contributed by atoms with Crippen LogP contribution in [0.15, 0.2) is 30.3 Å². The van der Waals surface area contributed by atoms with Gasteiger partial charge in [0.25, 0.3) is 11.8 Å². The maximum Gasteiger partial charge on any atom is 0.273 e. The van der Waals surface area contributed by atoms with Gasteiger partial charge in [-0.15, -0.1) is 0 Å². The van der Waals surface area contributed by atoms with Crippen LogP contribution in [-0.2, 0) is 0 Å². The first-order chi connectivity index (χ1) is 14.4. The van der Waals surface area contributed by atoms with Gasteiger partial charge in [-0.3, -0.25) is 20.4 Å². The lowest BCUT2D eigenvalue weighted by Crippen LogP contribution is -2.41. The summed E-state index contributed by atoms with van der Waals surface area (Å²) < 4.78 is 21.8. The minimum atomic E-state index is -0.690. The molecule has 0 fully saturated rings. The Morgan fingerprint density at radius 1 is 0.867 bits per heavy atom. The maximum atomic E-state index is 12.6. The predicted molar refractivity (Wildman–Crippen MR) is 110 cm³/mol. The van der Waals surface area contributed by atoms with Gasteiger partial charge >= 0.3 is 0 Å². The zero-order valence-electron chi connectivity index (χ0n) is 17.4. The summed E-state index contributed by atoms with van der Waals surface area (Å²) in [4.78, 5) is 24.9. The van der Waals surface area contributed by atoms with E-state index in [9.17, 15) is 14.7 Å². The van der Waals surface area contributed by atoms with Gasteiger partial charge in [0, 0.05) is 11.6 Å². The Kier molecular flexibility index (Phi) is 8.16. The molecule has 0 atom stereocenters. The Morgan fingerprint density at radius 3 is 1.93 bits per heavy atom. The Morgan fingerprint density at radius 2 is 1.43 bits per heavy atom. The molecule has 0 aliphatic heterocycles. The summed E-state index contributed by atoms with van der Waals surface area (Å²) in [7, 11) is 1.44. The third kappa shape index (κ3) is 5.47. The molecule has 30 heavy (non-hydrogen) atoms. The molecular weight excluding hydrogens is 392 g/mol. The van der Waals surface area contributed by atoms with Crippen LogP contribution in [0.3, 0.4) is 0 Å². The van der Waals surface area contributed by atoms with E-state index in [2.05, 4.69) is 10.9 Å². The van der Waals surface area contributed by atoms with Crippen molar-refractivity contribution in [2.45, 2.75) is 20.8 Å². The van der Waals surface area contributed by atoms with Crippen molar-refractivity contribution in [2.24, 2.45) is 0 Å². The SMILES string of the molecule is CCOc1cc(C(=O)NNC(=O)c2ccc(OC)cc2O)cc(OCC)c1OCC. The van der Waals surface area contributed by atoms with Crippen molar-refractivity contribution >= 4 is 11.8 Å². The van der Waals surface area contributed by atoms with Crippen LogP contribution in [0.5, 0.6) is 28.7 Å². The number of carbonyl (C=O) groups excluding carboxylic acids is 2. The minimum Gasteiger partial charge on any atom is -0.507 e. The molecule has 0 aliphatic rings. The molecule has 3 N–H and O–H groups in total. The molecular formula is C21H26N2O7. The second-order valence-electron chi connectivity index (χ2n) is 5.89. The van der Waals surface area contributed by atoms with Crippen LogP contribution in [0.1, 0.15) is 41.5 Å². The predicted octanol–water partition coefficient (Wildman–Crippen LogP) is 2.67. The molecule has 0 radical (unpaired) electrons. The van der Waals surface area contributed by atoms with Gasteiger partial charge in [-0.1, -0.05) is 0 Å². The molecule has 0 heterocycles. The molecule has 0 aromatic heterocycles. The van der Waals surface area contributed by atoms with Crippen LogP contribution in [0, 0.1) is 0 Å². The summed E-state index contributed by atoms with van der Waals surface area (Å²) in [6, 6.07) is 7.21. The number of amides is 2. The highest BCUT2D eigenvalue weighted by Crippen LogP contribution is 2.39. The second-order valence-corrected chi connectivity index (χ2v) is 5.89. The van der Waals surface area contributed by atoms with E-state index in [0.717, 1.165) is 0 Å². The molecule has 0 saturated heterocycles. The van der Waals surface area contributed by atoms with Crippen LogP contribution in [-0.4, -0.2) is 43.9 Å². The van der Waals surface area contributed by atoms with Gasteiger partial charge in [0.15, 0.2) is 11.5 Å². The highest BCUT2D eigenvalue weighted by Gasteiger charge is 2.19. The van der Waals surface area contributed by atoms with Crippen molar-refractivity contribution in [3.63, 3.8) is 0 Å². The fourth-order valence-electron chi connectivity index (χ4n) is 2.60. The van der Waals surface area contributed by atoms with Gasteiger partial charge in [0.1, 0.15) is 11.5 Å². The first-order valence-corrected chi connectivity index (χ1v) is 9.49. The molecule has 162 valence electrons. The van der Waals surface area contributed by atoms with E-state index in [1.165, 1.54) is 37.4 Å². The average molecular weight is 418 g/mol. The number of rotatable bonds is 9. The lowest BCUT2D eigenvalue weighted by Gasteiger charge is -2.17. The molecule has 9 nitrogen and oxygen atoms in total. The number of methoxy groups -OCH3 is 1. The maximum absolute atomic E-state index is 12.6. The number of hydrogen-bond donors (Lipinski definition) is 3. The topological polar surface area (TPSA) is 115 Å². The third-order valence-corrected chi connectivity index (χ3v) is 3.91. The molecule has 0 bridgehead atoms. The van der Waals surface area contributed by atoms with Crippen LogP contribution in [0.2, 0.25) is 0 Å². The number of ether oxygens (including phenoxy) is 4. The molecule has 2 aromatic carbocycles. The third-order valence-electron chi connectivity index (χ3n) is 3.91. The second kappa shape index (κ2) is 10.8. The fourth-order valence-corrected chi connectivity index (χ4v) is 2.60. The molecule has 0 spiro atoms. The van der Waals surface area contributed by atoms with E-state index in [-0.39, 0.29) is 16.9 Å². The number of phenols is 1. The largest absolute Gasteiger partial charge is 0.507 e. The average Bonchev–Trinajstić information content (AvgIpc) is 2.74. The number of carbonyl (C=O) groups is 2. The van der Waals surface area contributed by atoms with Gasteiger partial charge in [-0.2, -0.15) is 0 Å². The highest BCUT2D eigenvalue weighted by molar-refractivity contribution is 6.01. The van der Waals surface area contributed by atoms with Crippen molar-refractivity contribution in [1.82, 2.24) is 10.9 Å². The normalized spacial score (nSPS) is 10.1. The number of nitrogens with one attached hydrogen (secondary N) is 2. The van der Waals surface area contributed by atoms with E-state index < -0.39 is 11.8 Å². The van der Waals surface area contributed by atoms with Crippen molar-refractivity contribution in [1.29, 1.82) is 0 Å². The zero-order valence-corrected chi connectivity index (χ0v) is 17.4. The number of hydrazine groups is 1. The van der Waals surface area contributed by atoms with Crippen LogP contribution in [0.4, 0.5) is 0 Å². The lowest BCUT2D eigenvalue weighted by atomic mass is 10.1. The summed E-state index contributed by atoms with van der Waals surface area (Å²) in [5.74, 6) is -0.0475. The number of aromatic hydroxyl groups is 1. The van der Waals surface area contributed by atoms with E-state index in [1.54, 1.807) is 0 Å². The molecule has 0 unspecified atom stereocenters. The first kappa shape index (κ1) is 22.7. The lowest BCUT2D eigenvalue weighted by molar-refractivity contribution is 0.0844. The van der Waals surface area contributed by atoms with Crippen LogP contribution >= 0.6 is 0 Å². The summed E-state index contributed by atoms with van der Waals surface area (Å²) in [6.45, 7) is 6.58.